The summed E-state index contributed by atoms with van der Waals surface area (Å²) in [7, 11) is 2.09. The highest BCUT2D eigenvalue weighted by Gasteiger charge is 2.20. The van der Waals surface area contributed by atoms with Crippen molar-refractivity contribution in [1.29, 1.82) is 0 Å². The van der Waals surface area contributed by atoms with E-state index in [0.717, 1.165) is 31.7 Å². The summed E-state index contributed by atoms with van der Waals surface area (Å²) in [6.45, 7) is 4.40. The molecule has 2 heterocycles. The lowest BCUT2D eigenvalue weighted by molar-refractivity contribution is 0.0812. The number of benzene rings is 1. The topological polar surface area (TPSA) is 79.8 Å². The number of hydrogen-bond acceptors (Lipinski definition) is 5. The number of nitrogens with one attached hydrogen (secondary N) is 1. The van der Waals surface area contributed by atoms with Crippen LogP contribution in [0.1, 0.15) is 11.7 Å². The Morgan fingerprint density at radius 2 is 1.91 bits per heavy atom. The van der Waals surface area contributed by atoms with Crippen molar-refractivity contribution >= 4 is 10.9 Å². The molecular weight excluding hydrogens is 282 g/mol. The van der Waals surface area contributed by atoms with E-state index in [1.807, 2.05) is 0 Å². The number of aromatic hydroxyl groups is 1. The largest absolute Gasteiger partial charge is 0.506 e. The quantitative estimate of drug-likeness (QED) is 0.770. The van der Waals surface area contributed by atoms with Crippen LogP contribution in [0.25, 0.3) is 10.9 Å². The second-order valence-corrected chi connectivity index (χ2v) is 5.90. The standard InChI is InChI=1S/C16H21N3O3/c1-18-6-8-19(9-7-18)10-14(21)11-2-4-13(20)16-12(11)3-5-15(22)17-16/h2-5,14,20-21H,6-10H2,1H3,(H,17,22). The molecule has 118 valence electrons. The molecule has 1 aromatic carbocycles. The maximum Gasteiger partial charge on any atom is 0.248 e. The first-order chi connectivity index (χ1) is 10.5. The van der Waals surface area contributed by atoms with Gasteiger partial charge in [0.05, 0.1) is 11.6 Å². The van der Waals surface area contributed by atoms with E-state index in [4.69, 9.17) is 0 Å². The van der Waals surface area contributed by atoms with Gasteiger partial charge in [0, 0.05) is 44.2 Å². The molecule has 1 unspecified atom stereocenters. The number of aromatic amines is 1. The number of fused-ring (bicyclic) bond motifs is 1. The summed E-state index contributed by atoms with van der Waals surface area (Å²) in [5.41, 5.74) is 0.832. The molecule has 1 aliphatic rings. The first kappa shape index (κ1) is 15.0. The minimum atomic E-state index is -0.655. The molecule has 1 aromatic heterocycles. The lowest BCUT2D eigenvalue weighted by Gasteiger charge is -2.33. The number of rotatable bonds is 3. The molecule has 1 atom stereocenters. The molecule has 6 heteroatoms. The van der Waals surface area contributed by atoms with Gasteiger partial charge in [0.25, 0.3) is 0 Å². The molecule has 1 fully saturated rings. The minimum absolute atomic E-state index is 0.0169. The van der Waals surface area contributed by atoms with Gasteiger partial charge in [-0.05, 0) is 24.7 Å². The molecule has 0 spiro atoms. The number of phenolic OH excluding ortho intramolecular Hbond substituents is 1. The Labute approximate surface area is 128 Å². The molecule has 0 radical (unpaired) electrons. The highest BCUT2D eigenvalue weighted by molar-refractivity contribution is 5.87. The third kappa shape index (κ3) is 2.99. The molecule has 6 nitrogen and oxygen atoms in total. The van der Waals surface area contributed by atoms with Crippen molar-refractivity contribution in [2.45, 2.75) is 6.10 Å². The summed E-state index contributed by atoms with van der Waals surface area (Å²) < 4.78 is 0. The van der Waals surface area contributed by atoms with Crippen LogP contribution in [0.2, 0.25) is 0 Å². The number of likely N-dealkylation sites (N-methyl/N-ethyl adjacent to an activating group) is 1. The summed E-state index contributed by atoms with van der Waals surface area (Å²) >= 11 is 0. The second kappa shape index (κ2) is 6.08. The number of aliphatic hydroxyl groups is 1. The number of hydrogen-bond donors (Lipinski definition) is 3. The van der Waals surface area contributed by atoms with Gasteiger partial charge in [0.1, 0.15) is 5.75 Å². The Morgan fingerprint density at radius 3 is 2.64 bits per heavy atom. The lowest BCUT2D eigenvalue weighted by Crippen LogP contribution is -2.45. The minimum Gasteiger partial charge on any atom is -0.506 e. The van der Waals surface area contributed by atoms with Crippen LogP contribution in [0.5, 0.6) is 5.75 Å². The van der Waals surface area contributed by atoms with Crippen LogP contribution in [-0.4, -0.2) is 64.8 Å². The Balaban J connectivity index is 1.86. The summed E-state index contributed by atoms with van der Waals surface area (Å²) in [6.07, 6.45) is -0.655. The van der Waals surface area contributed by atoms with Gasteiger partial charge in [-0.15, -0.1) is 0 Å². The molecule has 2 aromatic rings. The predicted octanol–water partition coefficient (Wildman–Crippen LogP) is 0.514. The zero-order valence-corrected chi connectivity index (χ0v) is 12.6. The van der Waals surface area contributed by atoms with Crippen molar-refractivity contribution in [2.24, 2.45) is 0 Å². The summed E-state index contributed by atoms with van der Waals surface area (Å²) in [6, 6.07) is 6.29. The smallest absolute Gasteiger partial charge is 0.248 e. The number of phenols is 1. The van der Waals surface area contributed by atoms with Gasteiger partial charge in [0.15, 0.2) is 0 Å². The second-order valence-electron chi connectivity index (χ2n) is 5.90. The van der Waals surface area contributed by atoms with Crippen molar-refractivity contribution in [3.63, 3.8) is 0 Å². The monoisotopic (exact) mass is 303 g/mol. The first-order valence-corrected chi connectivity index (χ1v) is 7.48. The van der Waals surface area contributed by atoms with Crippen LogP contribution < -0.4 is 5.56 Å². The van der Waals surface area contributed by atoms with E-state index in [1.165, 1.54) is 12.1 Å². The molecule has 3 N–H and O–H groups in total. The van der Waals surface area contributed by atoms with Crippen LogP contribution in [0.3, 0.4) is 0 Å². The van der Waals surface area contributed by atoms with Crippen molar-refractivity contribution < 1.29 is 10.2 Å². The highest BCUT2D eigenvalue weighted by Crippen LogP contribution is 2.29. The molecular formula is C16H21N3O3. The van der Waals surface area contributed by atoms with Crippen molar-refractivity contribution in [3.8, 4) is 5.75 Å². The number of pyridine rings is 1. The number of H-pyrrole nitrogens is 1. The molecule has 0 saturated carbocycles. The third-order valence-electron chi connectivity index (χ3n) is 4.29. The van der Waals surface area contributed by atoms with Crippen LogP contribution in [0.4, 0.5) is 0 Å². The number of nitrogens with zero attached hydrogens (tertiary/aromatic N) is 2. The molecule has 22 heavy (non-hydrogen) atoms. The Kier molecular flexibility index (Phi) is 4.15. The van der Waals surface area contributed by atoms with Crippen molar-refractivity contribution in [3.05, 3.63) is 40.2 Å². The van der Waals surface area contributed by atoms with Crippen molar-refractivity contribution in [2.75, 3.05) is 39.8 Å². The van der Waals surface area contributed by atoms with Crippen LogP contribution >= 0.6 is 0 Å². The highest BCUT2D eigenvalue weighted by atomic mass is 16.3. The van der Waals surface area contributed by atoms with Gasteiger partial charge in [-0.25, -0.2) is 0 Å². The molecule has 1 aliphatic heterocycles. The zero-order chi connectivity index (χ0) is 15.7. The maximum atomic E-state index is 11.4. The lowest BCUT2D eigenvalue weighted by atomic mass is 10.0. The average Bonchev–Trinajstić information content (AvgIpc) is 2.50. The molecule has 0 aliphatic carbocycles. The molecule has 3 rings (SSSR count). The third-order valence-corrected chi connectivity index (χ3v) is 4.29. The summed E-state index contributed by atoms with van der Waals surface area (Å²) in [5, 5.41) is 21.1. The number of piperazine rings is 1. The van der Waals surface area contributed by atoms with E-state index in [1.54, 1.807) is 12.1 Å². The number of β-amino-alcohol motifs (C(OH)–C–C–N with tert-alkyl or cyclic N) is 1. The van der Waals surface area contributed by atoms with Gasteiger partial charge < -0.3 is 20.1 Å². The normalized spacial score (nSPS) is 18.6. The predicted molar refractivity (Wildman–Crippen MR) is 85.1 cm³/mol. The van der Waals surface area contributed by atoms with E-state index in [-0.39, 0.29) is 11.3 Å². The summed E-state index contributed by atoms with van der Waals surface area (Å²) in [4.78, 5) is 18.5. The molecule has 0 bridgehead atoms. The van der Waals surface area contributed by atoms with Gasteiger partial charge in [-0.3, -0.25) is 9.69 Å². The molecule has 1 saturated heterocycles. The first-order valence-electron chi connectivity index (χ1n) is 7.48. The Morgan fingerprint density at radius 1 is 1.18 bits per heavy atom. The van der Waals surface area contributed by atoms with Gasteiger partial charge in [-0.2, -0.15) is 0 Å². The number of aromatic nitrogens is 1. The Hall–Kier alpha value is -1.89. The van der Waals surface area contributed by atoms with E-state index >= 15 is 0 Å². The van der Waals surface area contributed by atoms with Crippen LogP contribution in [-0.2, 0) is 0 Å². The van der Waals surface area contributed by atoms with Crippen LogP contribution in [0, 0.1) is 0 Å². The summed E-state index contributed by atoms with van der Waals surface area (Å²) in [5.74, 6) is 0.0169. The van der Waals surface area contributed by atoms with E-state index in [0.29, 0.717) is 17.4 Å². The van der Waals surface area contributed by atoms with Gasteiger partial charge >= 0.3 is 0 Å². The fourth-order valence-corrected chi connectivity index (χ4v) is 2.92. The maximum absolute atomic E-state index is 11.4. The van der Waals surface area contributed by atoms with E-state index in [9.17, 15) is 15.0 Å². The van der Waals surface area contributed by atoms with E-state index < -0.39 is 6.10 Å². The SMILES string of the molecule is CN1CCN(CC(O)c2ccc(O)c3[nH]c(=O)ccc23)CC1. The van der Waals surface area contributed by atoms with Gasteiger partial charge in [-0.1, -0.05) is 6.07 Å². The Bertz CT molecular complexity index is 720. The molecule has 0 amide bonds. The van der Waals surface area contributed by atoms with E-state index in [2.05, 4.69) is 21.8 Å². The average molecular weight is 303 g/mol. The number of aliphatic hydroxyl groups excluding tert-OH is 1. The zero-order valence-electron chi connectivity index (χ0n) is 12.6. The van der Waals surface area contributed by atoms with Crippen LogP contribution in [0.15, 0.2) is 29.1 Å². The fraction of sp³-hybridized carbons (Fsp3) is 0.438. The van der Waals surface area contributed by atoms with Gasteiger partial charge in [0.2, 0.25) is 5.56 Å². The fourth-order valence-electron chi connectivity index (χ4n) is 2.92. The van der Waals surface area contributed by atoms with Crippen molar-refractivity contribution in [1.82, 2.24) is 14.8 Å².